The van der Waals surface area contributed by atoms with E-state index >= 15 is 0 Å². The Labute approximate surface area is 210 Å². The SMILES string of the molecule is Cc1cccc2c1-c1cccc(c1)[C@H](CC(=O)O)NC(=O)[C@@H](n1ccccc1=O)CCCCCCO2. The molecule has 3 aromatic rings. The molecule has 2 bridgehead atoms. The Balaban J connectivity index is 1.76. The van der Waals surface area contributed by atoms with E-state index in [4.69, 9.17) is 4.74 Å². The number of fused-ring (bicyclic) bond motifs is 4. The van der Waals surface area contributed by atoms with E-state index < -0.39 is 18.1 Å². The first-order valence-corrected chi connectivity index (χ1v) is 12.5. The van der Waals surface area contributed by atoms with Crippen molar-refractivity contribution < 1.29 is 19.4 Å². The zero-order valence-corrected chi connectivity index (χ0v) is 20.5. The molecule has 1 amide bonds. The highest BCUT2D eigenvalue weighted by Gasteiger charge is 2.26. The quantitative estimate of drug-likeness (QED) is 0.538. The lowest BCUT2D eigenvalue weighted by atomic mass is 9.94. The Morgan fingerprint density at radius 3 is 2.64 bits per heavy atom. The average molecular weight is 489 g/mol. The molecule has 0 saturated carbocycles. The van der Waals surface area contributed by atoms with Crippen LogP contribution in [0.5, 0.6) is 5.75 Å². The zero-order chi connectivity index (χ0) is 25.5. The highest BCUT2D eigenvalue weighted by atomic mass is 16.5. The summed E-state index contributed by atoms with van der Waals surface area (Å²) in [4.78, 5) is 37.8. The van der Waals surface area contributed by atoms with Gasteiger partial charge < -0.3 is 19.7 Å². The lowest BCUT2D eigenvalue weighted by Gasteiger charge is -2.24. The van der Waals surface area contributed by atoms with Gasteiger partial charge in [0.05, 0.1) is 19.1 Å². The number of amides is 1. The van der Waals surface area contributed by atoms with Gasteiger partial charge in [0.2, 0.25) is 5.91 Å². The van der Waals surface area contributed by atoms with Gasteiger partial charge in [-0.25, -0.2) is 0 Å². The first kappa shape index (κ1) is 25.2. The van der Waals surface area contributed by atoms with Crippen LogP contribution in [-0.4, -0.2) is 28.2 Å². The molecule has 2 heterocycles. The summed E-state index contributed by atoms with van der Waals surface area (Å²) in [6, 6.07) is 16.8. The van der Waals surface area contributed by atoms with Crippen LogP contribution in [0.15, 0.2) is 71.7 Å². The van der Waals surface area contributed by atoms with Crippen LogP contribution in [-0.2, 0) is 9.59 Å². The number of benzene rings is 2. The number of carboxylic acids is 1. The van der Waals surface area contributed by atoms with Crippen molar-refractivity contribution in [2.45, 2.75) is 57.5 Å². The van der Waals surface area contributed by atoms with E-state index in [1.807, 2.05) is 49.4 Å². The van der Waals surface area contributed by atoms with Crippen LogP contribution in [0.2, 0.25) is 0 Å². The highest BCUT2D eigenvalue weighted by Crippen LogP contribution is 2.35. The van der Waals surface area contributed by atoms with Crippen LogP contribution in [0.3, 0.4) is 0 Å². The van der Waals surface area contributed by atoms with Crippen molar-refractivity contribution in [3.8, 4) is 16.9 Å². The number of carboxylic acid groups (broad SMARTS) is 1. The van der Waals surface area contributed by atoms with E-state index in [-0.39, 0.29) is 17.9 Å². The predicted molar refractivity (Wildman–Crippen MR) is 138 cm³/mol. The second-order valence-corrected chi connectivity index (χ2v) is 9.25. The minimum atomic E-state index is -1.02. The van der Waals surface area contributed by atoms with E-state index in [9.17, 15) is 19.5 Å². The Hall–Kier alpha value is -3.87. The maximum absolute atomic E-state index is 13.5. The Bertz CT molecular complexity index is 1280. The summed E-state index contributed by atoms with van der Waals surface area (Å²) in [6.07, 6.45) is 5.31. The predicted octanol–water partition coefficient (Wildman–Crippen LogP) is 5.04. The Kier molecular flexibility index (Phi) is 8.21. The van der Waals surface area contributed by atoms with Gasteiger partial charge in [0.25, 0.3) is 5.56 Å². The molecule has 0 aliphatic carbocycles. The van der Waals surface area contributed by atoms with Crippen molar-refractivity contribution in [3.63, 3.8) is 0 Å². The molecule has 188 valence electrons. The third-order valence-electron chi connectivity index (χ3n) is 6.63. The smallest absolute Gasteiger partial charge is 0.305 e. The number of hydrogen-bond acceptors (Lipinski definition) is 4. The lowest BCUT2D eigenvalue weighted by Crippen LogP contribution is -2.39. The Morgan fingerprint density at radius 2 is 1.83 bits per heavy atom. The summed E-state index contributed by atoms with van der Waals surface area (Å²) in [5.74, 6) is -0.581. The second-order valence-electron chi connectivity index (χ2n) is 9.25. The maximum atomic E-state index is 13.5. The summed E-state index contributed by atoms with van der Waals surface area (Å²) in [6.45, 7) is 2.60. The number of nitrogens with one attached hydrogen (secondary N) is 1. The third-order valence-corrected chi connectivity index (χ3v) is 6.63. The van der Waals surface area contributed by atoms with Crippen LogP contribution in [0.1, 0.15) is 61.7 Å². The van der Waals surface area contributed by atoms with Gasteiger partial charge in [0.1, 0.15) is 11.8 Å². The van der Waals surface area contributed by atoms with Crippen LogP contribution in [0.4, 0.5) is 0 Å². The number of carbonyl (C=O) groups excluding carboxylic acids is 1. The number of aliphatic carboxylic acids is 1. The molecule has 0 radical (unpaired) electrons. The highest BCUT2D eigenvalue weighted by molar-refractivity contribution is 5.82. The number of aryl methyl sites for hydroxylation is 1. The molecule has 2 aromatic carbocycles. The van der Waals surface area contributed by atoms with Crippen molar-refractivity contribution >= 4 is 11.9 Å². The standard InChI is InChI=1S/C29H32N2O5/c1-20-10-8-14-25-28(20)22-12-9-11-21(18-22)23(19-27(33)34)30-29(35)24(13-4-2-3-7-17-36-25)31-16-6-5-15-26(31)32/h5-6,8-12,14-16,18,23-24H,2-4,7,13,17,19H2,1H3,(H,30,35)(H,33,34)/t23-,24-/m0/s1. The summed E-state index contributed by atoms with van der Waals surface area (Å²) in [5.41, 5.74) is 3.33. The normalized spacial score (nSPS) is 19.0. The molecule has 0 fully saturated rings. The van der Waals surface area contributed by atoms with E-state index in [1.54, 1.807) is 18.3 Å². The first-order valence-electron chi connectivity index (χ1n) is 12.5. The van der Waals surface area contributed by atoms with Crippen molar-refractivity contribution in [1.29, 1.82) is 0 Å². The van der Waals surface area contributed by atoms with E-state index in [1.165, 1.54) is 10.6 Å². The van der Waals surface area contributed by atoms with Gasteiger partial charge in [0, 0.05) is 17.8 Å². The zero-order valence-electron chi connectivity index (χ0n) is 20.5. The fourth-order valence-corrected chi connectivity index (χ4v) is 4.81. The monoisotopic (exact) mass is 488 g/mol. The number of rotatable bonds is 3. The number of carbonyl (C=O) groups is 2. The molecule has 4 rings (SSSR count). The van der Waals surface area contributed by atoms with E-state index in [0.717, 1.165) is 48.1 Å². The number of ether oxygens (including phenoxy) is 1. The molecule has 1 aliphatic rings. The molecule has 7 nitrogen and oxygen atoms in total. The topological polar surface area (TPSA) is 97.6 Å². The van der Waals surface area contributed by atoms with Crippen LogP contribution < -0.4 is 15.6 Å². The summed E-state index contributed by atoms with van der Waals surface area (Å²) < 4.78 is 7.61. The van der Waals surface area contributed by atoms with Gasteiger partial charge in [-0.3, -0.25) is 14.4 Å². The molecule has 0 spiro atoms. The molecular weight excluding hydrogens is 456 g/mol. The minimum absolute atomic E-state index is 0.260. The second kappa shape index (κ2) is 11.7. The van der Waals surface area contributed by atoms with Gasteiger partial charge >= 0.3 is 5.97 Å². The van der Waals surface area contributed by atoms with Crippen LogP contribution in [0, 0.1) is 6.92 Å². The minimum Gasteiger partial charge on any atom is -0.493 e. The lowest BCUT2D eigenvalue weighted by molar-refractivity contribution is -0.138. The molecule has 2 N–H and O–H groups in total. The van der Waals surface area contributed by atoms with Gasteiger partial charge in [-0.1, -0.05) is 55.7 Å². The fourth-order valence-electron chi connectivity index (χ4n) is 4.81. The molecule has 0 unspecified atom stereocenters. The molecule has 7 heteroatoms. The average Bonchev–Trinajstić information content (AvgIpc) is 2.85. The Morgan fingerprint density at radius 1 is 1.03 bits per heavy atom. The van der Waals surface area contributed by atoms with Gasteiger partial charge in [-0.05, 0) is 54.7 Å². The fraction of sp³-hybridized carbons (Fsp3) is 0.345. The molecule has 0 saturated heterocycles. The van der Waals surface area contributed by atoms with Crippen molar-refractivity contribution in [2.24, 2.45) is 0 Å². The van der Waals surface area contributed by atoms with Crippen molar-refractivity contribution in [1.82, 2.24) is 9.88 Å². The largest absolute Gasteiger partial charge is 0.493 e. The third kappa shape index (κ3) is 6.03. The molecular formula is C29H32N2O5. The summed E-state index contributed by atoms with van der Waals surface area (Å²) in [7, 11) is 0. The number of nitrogens with zero attached hydrogens (tertiary/aromatic N) is 1. The van der Waals surface area contributed by atoms with E-state index in [0.29, 0.717) is 18.6 Å². The molecule has 1 aliphatic heterocycles. The van der Waals surface area contributed by atoms with Gasteiger partial charge in [-0.2, -0.15) is 0 Å². The number of pyridine rings is 1. The van der Waals surface area contributed by atoms with Crippen molar-refractivity contribution in [2.75, 3.05) is 6.61 Å². The first-order chi connectivity index (χ1) is 17.4. The summed E-state index contributed by atoms with van der Waals surface area (Å²) >= 11 is 0. The van der Waals surface area contributed by atoms with E-state index in [2.05, 4.69) is 5.32 Å². The van der Waals surface area contributed by atoms with Gasteiger partial charge in [-0.15, -0.1) is 0 Å². The molecule has 1 aromatic heterocycles. The van der Waals surface area contributed by atoms with Crippen LogP contribution in [0.25, 0.3) is 11.1 Å². The number of hydrogen-bond donors (Lipinski definition) is 2. The van der Waals surface area contributed by atoms with Crippen molar-refractivity contribution in [3.05, 3.63) is 88.3 Å². The molecule has 2 atom stereocenters. The maximum Gasteiger partial charge on any atom is 0.305 e. The summed E-state index contributed by atoms with van der Waals surface area (Å²) in [5, 5.41) is 12.6. The van der Waals surface area contributed by atoms with Gasteiger partial charge in [0.15, 0.2) is 0 Å². The molecule has 36 heavy (non-hydrogen) atoms. The van der Waals surface area contributed by atoms with Crippen LogP contribution >= 0.6 is 0 Å². The number of aromatic nitrogens is 1.